The van der Waals surface area contributed by atoms with Gasteiger partial charge in [0.2, 0.25) is 0 Å². The Labute approximate surface area is 126 Å². The molecule has 0 aromatic carbocycles. The maximum atomic E-state index is 11.3. The van der Waals surface area contributed by atoms with Crippen LogP contribution in [0.5, 0.6) is 0 Å². The van der Waals surface area contributed by atoms with Gasteiger partial charge in [0.15, 0.2) is 6.10 Å². The van der Waals surface area contributed by atoms with E-state index in [0.717, 1.165) is 13.8 Å². The van der Waals surface area contributed by atoms with Crippen LogP contribution in [0.1, 0.15) is 13.8 Å². The van der Waals surface area contributed by atoms with Crippen LogP contribution in [0.3, 0.4) is 0 Å². The monoisotopic (exact) mass is 326 g/mol. The molecule has 10 nitrogen and oxygen atoms in total. The van der Waals surface area contributed by atoms with Crippen molar-refractivity contribution >= 4 is 11.9 Å². The normalized spacial score (nSPS) is 19.5. The molecule has 0 aliphatic rings. The summed E-state index contributed by atoms with van der Waals surface area (Å²) in [6, 6.07) is 0. The molecule has 0 saturated heterocycles. The van der Waals surface area contributed by atoms with Crippen molar-refractivity contribution in [3.63, 3.8) is 0 Å². The summed E-state index contributed by atoms with van der Waals surface area (Å²) in [4.78, 5) is 22.5. The zero-order valence-electron chi connectivity index (χ0n) is 12.2. The predicted molar refractivity (Wildman–Crippen MR) is 69.3 cm³/mol. The highest BCUT2D eigenvalue weighted by Gasteiger charge is 2.35. The first-order chi connectivity index (χ1) is 10.1. The number of carbonyl (C=O) groups is 2. The molecule has 0 bridgehead atoms. The number of hydrogen-bond donors (Lipinski definition) is 6. The predicted octanol–water partition coefficient (Wildman–Crippen LogP) is -3.72. The highest BCUT2D eigenvalue weighted by molar-refractivity contribution is 5.74. The number of rotatable bonds is 9. The number of aliphatic hydroxyl groups is 6. The molecule has 0 aliphatic heterocycles. The quantitative estimate of drug-likeness (QED) is 0.231. The van der Waals surface area contributed by atoms with Crippen molar-refractivity contribution in [2.24, 2.45) is 0 Å². The van der Waals surface area contributed by atoms with Crippen LogP contribution in [-0.2, 0) is 19.1 Å². The van der Waals surface area contributed by atoms with E-state index in [1.807, 2.05) is 0 Å². The molecule has 0 radical (unpaired) electrons. The average molecular weight is 326 g/mol. The summed E-state index contributed by atoms with van der Waals surface area (Å²) in [5.74, 6) is -2.23. The summed E-state index contributed by atoms with van der Waals surface area (Å²) in [7, 11) is 0. The molecule has 6 atom stereocenters. The largest absolute Gasteiger partial charge is 0.460 e. The molecule has 130 valence electrons. The first-order valence-electron chi connectivity index (χ1n) is 6.50. The standard InChI is InChI=1S/C12H22O10/c1-5(14)11(19)21-4-8(22-12(20)6(2)15)10(18)9(17)7(16)3-13/h5-10,13-18H,3-4H2,1-2H3/t5?,6?,7-,8+,9-,10-/m1/s1. The third kappa shape index (κ3) is 6.64. The van der Waals surface area contributed by atoms with E-state index in [9.17, 15) is 24.9 Å². The Morgan fingerprint density at radius 2 is 1.41 bits per heavy atom. The van der Waals surface area contributed by atoms with Gasteiger partial charge in [0.25, 0.3) is 0 Å². The van der Waals surface area contributed by atoms with E-state index in [-0.39, 0.29) is 0 Å². The number of aliphatic hydroxyl groups excluding tert-OH is 6. The van der Waals surface area contributed by atoms with Gasteiger partial charge >= 0.3 is 11.9 Å². The van der Waals surface area contributed by atoms with Crippen molar-refractivity contribution in [2.45, 2.75) is 50.5 Å². The summed E-state index contributed by atoms with van der Waals surface area (Å²) in [5.41, 5.74) is 0. The molecule has 0 aliphatic carbocycles. The molecule has 22 heavy (non-hydrogen) atoms. The first kappa shape index (κ1) is 20.7. The summed E-state index contributed by atoms with van der Waals surface area (Å²) in [6.45, 7) is 0.605. The van der Waals surface area contributed by atoms with Gasteiger partial charge in [0, 0.05) is 0 Å². The molecular formula is C12H22O10. The van der Waals surface area contributed by atoms with E-state index >= 15 is 0 Å². The topological polar surface area (TPSA) is 174 Å². The minimum atomic E-state index is -1.91. The lowest BCUT2D eigenvalue weighted by Gasteiger charge is -2.28. The van der Waals surface area contributed by atoms with Crippen molar-refractivity contribution in [1.82, 2.24) is 0 Å². The van der Waals surface area contributed by atoms with E-state index in [2.05, 4.69) is 9.47 Å². The van der Waals surface area contributed by atoms with Gasteiger partial charge in [-0.1, -0.05) is 0 Å². The molecule has 0 spiro atoms. The zero-order valence-corrected chi connectivity index (χ0v) is 12.2. The number of carbonyl (C=O) groups excluding carboxylic acids is 2. The Bertz CT molecular complexity index is 356. The van der Waals surface area contributed by atoms with Crippen LogP contribution in [-0.4, -0.2) is 92.4 Å². The Kier molecular flexibility index (Phi) is 9.09. The Hall–Kier alpha value is -1.30. The second-order valence-electron chi connectivity index (χ2n) is 4.69. The number of esters is 2. The smallest absolute Gasteiger partial charge is 0.335 e. The molecule has 0 rings (SSSR count). The summed E-state index contributed by atoms with van der Waals surface area (Å²) in [6.07, 6.45) is -10.2. The molecule has 0 aromatic rings. The minimum absolute atomic E-state index is 0.738. The highest BCUT2D eigenvalue weighted by atomic mass is 16.6. The van der Waals surface area contributed by atoms with Crippen molar-refractivity contribution in [1.29, 1.82) is 0 Å². The molecule has 10 heteroatoms. The molecular weight excluding hydrogens is 304 g/mol. The Morgan fingerprint density at radius 1 is 0.909 bits per heavy atom. The first-order valence-corrected chi connectivity index (χ1v) is 6.50. The van der Waals surface area contributed by atoms with Crippen molar-refractivity contribution in [2.75, 3.05) is 13.2 Å². The van der Waals surface area contributed by atoms with Crippen molar-refractivity contribution < 1.29 is 49.7 Å². The third-order valence-electron chi connectivity index (χ3n) is 2.65. The Morgan fingerprint density at radius 3 is 1.82 bits per heavy atom. The summed E-state index contributed by atoms with van der Waals surface area (Å²) < 4.78 is 9.24. The zero-order chi connectivity index (χ0) is 17.4. The van der Waals surface area contributed by atoms with E-state index in [1.165, 1.54) is 0 Å². The molecule has 6 N–H and O–H groups in total. The van der Waals surface area contributed by atoms with E-state index in [0.29, 0.717) is 0 Å². The van der Waals surface area contributed by atoms with E-state index in [1.54, 1.807) is 0 Å². The van der Waals surface area contributed by atoms with Crippen LogP contribution < -0.4 is 0 Å². The van der Waals surface area contributed by atoms with Crippen LogP contribution in [0.2, 0.25) is 0 Å². The van der Waals surface area contributed by atoms with Gasteiger partial charge in [0.1, 0.15) is 37.1 Å². The maximum Gasteiger partial charge on any atom is 0.335 e. The average Bonchev–Trinajstić information content (AvgIpc) is 2.47. The van der Waals surface area contributed by atoms with Gasteiger partial charge in [-0.05, 0) is 13.8 Å². The van der Waals surface area contributed by atoms with Gasteiger partial charge < -0.3 is 40.1 Å². The SMILES string of the molecule is CC(O)C(=O)OC[C@H](OC(=O)C(C)O)[C@@H](O)[C@H](O)[C@H](O)CO. The number of hydrogen-bond acceptors (Lipinski definition) is 10. The molecule has 0 fully saturated rings. The summed E-state index contributed by atoms with van der Waals surface area (Å²) in [5, 5.41) is 55.4. The van der Waals surface area contributed by atoms with Gasteiger partial charge in [-0.3, -0.25) is 0 Å². The summed E-state index contributed by atoms with van der Waals surface area (Å²) >= 11 is 0. The fraction of sp³-hybridized carbons (Fsp3) is 0.833. The highest BCUT2D eigenvalue weighted by Crippen LogP contribution is 2.11. The number of ether oxygens (including phenoxy) is 2. The maximum absolute atomic E-state index is 11.3. The van der Waals surface area contributed by atoms with Gasteiger partial charge in [-0.2, -0.15) is 0 Å². The molecule has 0 saturated carbocycles. The molecule has 0 aromatic heterocycles. The van der Waals surface area contributed by atoms with Crippen LogP contribution in [0.4, 0.5) is 0 Å². The lowest BCUT2D eigenvalue weighted by molar-refractivity contribution is -0.185. The van der Waals surface area contributed by atoms with Gasteiger partial charge in [-0.25, -0.2) is 9.59 Å². The lowest BCUT2D eigenvalue weighted by Crippen LogP contribution is -2.50. The van der Waals surface area contributed by atoms with Crippen LogP contribution >= 0.6 is 0 Å². The molecule has 0 amide bonds. The van der Waals surface area contributed by atoms with Crippen LogP contribution in [0, 0.1) is 0 Å². The fourth-order valence-electron chi connectivity index (χ4n) is 1.29. The fourth-order valence-corrected chi connectivity index (χ4v) is 1.29. The van der Waals surface area contributed by atoms with E-state index in [4.69, 9.17) is 15.3 Å². The third-order valence-corrected chi connectivity index (χ3v) is 2.65. The van der Waals surface area contributed by atoms with Crippen LogP contribution in [0.25, 0.3) is 0 Å². The van der Waals surface area contributed by atoms with Crippen molar-refractivity contribution in [3.8, 4) is 0 Å². The van der Waals surface area contributed by atoms with Gasteiger partial charge in [0.05, 0.1) is 6.61 Å². The van der Waals surface area contributed by atoms with E-state index < -0.39 is 61.8 Å². The second kappa shape index (κ2) is 9.66. The minimum Gasteiger partial charge on any atom is -0.460 e. The molecule has 2 unspecified atom stereocenters. The van der Waals surface area contributed by atoms with Gasteiger partial charge in [-0.15, -0.1) is 0 Å². The molecule has 0 heterocycles. The van der Waals surface area contributed by atoms with Crippen molar-refractivity contribution in [3.05, 3.63) is 0 Å². The van der Waals surface area contributed by atoms with Crippen LogP contribution in [0.15, 0.2) is 0 Å². The lowest BCUT2D eigenvalue weighted by atomic mass is 10.0. The second-order valence-corrected chi connectivity index (χ2v) is 4.69. The Balaban J connectivity index is 4.91.